The third kappa shape index (κ3) is 4.80. The van der Waals surface area contributed by atoms with Crippen LogP contribution in [0.1, 0.15) is 0 Å². The average Bonchev–Trinajstić information content (AvgIpc) is 3.77. The van der Waals surface area contributed by atoms with Gasteiger partial charge in [-0.1, -0.05) is 140 Å². The molecule has 0 N–H and O–H groups in total. The van der Waals surface area contributed by atoms with E-state index in [0.717, 1.165) is 65.7 Å². The Hall–Kier alpha value is -6.36. The molecule has 0 fully saturated rings. The van der Waals surface area contributed by atoms with E-state index in [4.69, 9.17) is 14.4 Å². The highest BCUT2D eigenvalue weighted by molar-refractivity contribution is 7.25. The van der Waals surface area contributed by atoms with Crippen molar-refractivity contribution < 1.29 is 4.42 Å². The summed E-state index contributed by atoms with van der Waals surface area (Å²) in [7, 11) is 0. The Morgan fingerprint density at radius 1 is 0.420 bits per heavy atom. The highest BCUT2D eigenvalue weighted by Gasteiger charge is 2.18. The third-order valence-electron chi connectivity index (χ3n) is 9.51. The van der Waals surface area contributed by atoms with Crippen LogP contribution in [0.4, 0.5) is 0 Å². The van der Waals surface area contributed by atoms with Crippen LogP contribution in [0.5, 0.6) is 0 Å². The number of aromatic nitrogens is 2. The van der Waals surface area contributed by atoms with Gasteiger partial charge in [0.2, 0.25) is 0 Å². The Labute approximate surface area is 292 Å². The molecule has 0 aliphatic heterocycles. The van der Waals surface area contributed by atoms with Crippen molar-refractivity contribution in [3.63, 3.8) is 0 Å². The van der Waals surface area contributed by atoms with Crippen molar-refractivity contribution in [2.24, 2.45) is 0 Å². The largest absolute Gasteiger partial charge is 0.455 e. The molecule has 10 rings (SSSR count). The maximum atomic E-state index is 6.40. The summed E-state index contributed by atoms with van der Waals surface area (Å²) in [5.74, 6) is 0.703. The smallest absolute Gasteiger partial charge is 0.161 e. The number of furan rings is 1. The number of rotatable bonds is 5. The summed E-state index contributed by atoms with van der Waals surface area (Å²) in [4.78, 5) is 11.6. The third-order valence-corrected chi connectivity index (χ3v) is 10.6. The number of para-hydroxylation sites is 2. The topological polar surface area (TPSA) is 38.9 Å². The summed E-state index contributed by atoms with van der Waals surface area (Å²) in [5.41, 5.74) is 11.6. The SMILES string of the molecule is c1ccc(-c2cccc(-c3cccc(-c4nc(-c5cccc(-c6cccc7c6oc6ccccc67)c5)nc5sc6ccccc6c45)c3)c2)cc1. The van der Waals surface area contributed by atoms with E-state index >= 15 is 0 Å². The molecule has 0 spiro atoms. The fraction of sp³-hybridized carbons (Fsp3) is 0. The number of hydrogen-bond acceptors (Lipinski definition) is 4. The van der Waals surface area contributed by atoms with E-state index in [1.54, 1.807) is 11.3 Å². The second-order valence-electron chi connectivity index (χ2n) is 12.6. The summed E-state index contributed by atoms with van der Waals surface area (Å²) < 4.78 is 7.60. The second kappa shape index (κ2) is 11.7. The minimum Gasteiger partial charge on any atom is -0.455 e. The van der Waals surface area contributed by atoms with Gasteiger partial charge < -0.3 is 4.42 Å². The molecule has 3 aromatic heterocycles. The zero-order valence-electron chi connectivity index (χ0n) is 26.9. The first-order chi connectivity index (χ1) is 24.8. The molecule has 3 heterocycles. The summed E-state index contributed by atoms with van der Waals surface area (Å²) in [6, 6.07) is 59.7. The van der Waals surface area contributed by atoms with E-state index in [-0.39, 0.29) is 0 Å². The van der Waals surface area contributed by atoms with Crippen LogP contribution in [0, 0.1) is 0 Å². The van der Waals surface area contributed by atoms with Gasteiger partial charge in [-0.3, -0.25) is 0 Å². The standard InChI is InChI=1S/C46H28N2OS/c1-2-12-29(13-3-1)30-14-8-15-31(26-30)32-16-9-18-34(27-32)43-42-39-21-5-7-25-41(39)50-46(42)48-45(47-43)35-19-10-17-33(28-35)36-22-11-23-38-37-20-4-6-24-40(37)49-44(36)38/h1-28H. The lowest BCUT2D eigenvalue weighted by Gasteiger charge is -2.11. The highest BCUT2D eigenvalue weighted by atomic mass is 32.1. The van der Waals surface area contributed by atoms with E-state index in [1.807, 2.05) is 12.1 Å². The van der Waals surface area contributed by atoms with E-state index < -0.39 is 0 Å². The first-order valence-electron chi connectivity index (χ1n) is 16.7. The zero-order chi connectivity index (χ0) is 33.0. The molecule has 4 heteroatoms. The summed E-state index contributed by atoms with van der Waals surface area (Å²) >= 11 is 1.72. The van der Waals surface area contributed by atoms with Crippen LogP contribution in [-0.4, -0.2) is 9.97 Å². The normalized spacial score (nSPS) is 11.6. The van der Waals surface area contributed by atoms with Gasteiger partial charge in [0.1, 0.15) is 16.0 Å². The number of thiophene rings is 1. The van der Waals surface area contributed by atoms with Crippen LogP contribution in [-0.2, 0) is 0 Å². The quantitative estimate of drug-likeness (QED) is 0.185. The summed E-state index contributed by atoms with van der Waals surface area (Å²) in [5, 5.41) is 4.50. The molecular formula is C46H28N2OS. The Balaban J connectivity index is 1.13. The lowest BCUT2D eigenvalue weighted by atomic mass is 9.96. The molecule has 0 amide bonds. The number of nitrogens with zero attached hydrogens (tertiary/aromatic N) is 2. The molecule has 0 bridgehead atoms. The Morgan fingerprint density at radius 3 is 1.84 bits per heavy atom. The molecule has 0 atom stereocenters. The maximum Gasteiger partial charge on any atom is 0.161 e. The van der Waals surface area contributed by atoms with Crippen LogP contribution in [0.25, 0.3) is 98.3 Å². The molecule has 0 radical (unpaired) electrons. The lowest BCUT2D eigenvalue weighted by molar-refractivity contribution is 0.670. The predicted molar refractivity (Wildman–Crippen MR) is 209 cm³/mol. The lowest BCUT2D eigenvalue weighted by Crippen LogP contribution is -1.94. The van der Waals surface area contributed by atoms with E-state index in [2.05, 4.69) is 158 Å². The van der Waals surface area contributed by atoms with Crippen molar-refractivity contribution in [2.75, 3.05) is 0 Å². The predicted octanol–water partition coefficient (Wildman–Crippen LogP) is 13.1. The Morgan fingerprint density at radius 2 is 1.00 bits per heavy atom. The fourth-order valence-corrected chi connectivity index (χ4v) is 8.19. The van der Waals surface area contributed by atoms with Crippen LogP contribution in [0.3, 0.4) is 0 Å². The Bertz CT molecular complexity index is 2880. The molecule has 234 valence electrons. The van der Waals surface area contributed by atoms with Gasteiger partial charge in [0.05, 0.1) is 5.69 Å². The van der Waals surface area contributed by atoms with Crippen molar-refractivity contribution in [1.82, 2.24) is 9.97 Å². The van der Waals surface area contributed by atoms with Gasteiger partial charge in [-0.25, -0.2) is 9.97 Å². The van der Waals surface area contributed by atoms with Gasteiger partial charge in [0.25, 0.3) is 0 Å². The van der Waals surface area contributed by atoms with Gasteiger partial charge in [-0.15, -0.1) is 11.3 Å². The van der Waals surface area contributed by atoms with Crippen molar-refractivity contribution in [3.8, 4) is 56.0 Å². The molecule has 10 aromatic rings. The van der Waals surface area contributed by atoms with E-state index in [9.17, 15) is 0 Å². The summed E-state index contributed by atoms with van der Waals surface area (Å²) in [6.45, 7) is 0. The molecule has 0 aliphatic rings. The highest BCUT2D eigenvalue weighted by Crippen LogP contribution is 2.41. The van der Waals surface area contributed by atoms with Crippen molar-refractivity contribution in [1.29, 1.82) is 0 Å². The van der Waals surface area contributed by atoms with Crippen LogP contribution < -0.4 is 0 Å². The molecule has 0 unspecified atom stereocenters. The second-order valence-corrected chi connectivity index (χ2v) is 13.6. The number of hydrogen-bond donors (Lipinski definition) is 0. The number of fused-ring (bicyclic) bond motifs is 6. The van der Waals surface area contributed by atoms with Gasteiger partial charge in [-0.05, 0) is 58.1 Å². The fourth-order valence-electron chi connectivity index (χ4n) is 7.12. The molecule has 0 aliphatic carbocycles. The van der Waals surface area contributed by atoms with Gasteiger partial charge in [0, 0.05) is 42.9 Å². The monoisotopic (exact) mass is 656 g/mol. The van der Waals surface area contributed by atoms with Gasteiger partial charge in [-0.2, -0.15) is 0 Å². The van der Waals surface area contributed by atoms with Crippen LogP contribution in [0.2, 0.25) is 0 Å². The van der Waals surface area contributed by atoms with Crippen molar-refractivity contribution in [3.05, 3.63) is 170 Å². The van der Waals surface area contributed by atoms with E-state index in [1.165, 1.54) is 26.8 Å². The first kappa shape index (κ1) is 28.6. The van der Waals surface area contributed by atoms with Crippen molar-refractivity contribution >= 4 is 53.6 Å². The van der Waals surface area contributed by atoms with Gasteiger partial charge >= 0.3 is 0 Å². The average molecular weight is 657 g/mol. The van der Waals surface area contributed by atoms with Gasteiger partial charge in [0.15, 0.2) is 5.82 Å². The van der Waals surface area contributed by atoms with Crippen LogP contribution in [0.15, 0.2) is 174 Å². The number of benzene rings is 7. The molecule has 0 saturated heterocycles. The molecule has 7 aromatic carbocycles. The van der Waals surface area contributed by atoms with E-state index in [0.29, 0.717) is 5.82 Å². The van der Waals surface area contributed by atoms with Crippen LogP contribution >= 0.6 is 11.3 Å². The molecular weight excluding hydrogens is 629 g/mol. The molecule has 50 heavy (non-hydrogen) atoms. The van der Waals surface area contributed by atoms with Crippen molar-refractivity contribution in [2.45, 2.75) is 0 Å². The summed E-state index contributed by atoms with van der Waals surface area (Å²) in [6.07, 6.45) is 0. The Kier molecular flexibility index (Phi) is 6.68. The molecule has 0 saturated carbocycles. The first-order valence-corrected chi connectivity index (χ1v) is 17.6. The zero-order valence-corrected chi connectivity index (χ0v) is 27.7. The maximum absolute atomic E-state index is 6.40. The minimum absolute atomic E-state index is 0.703. The molecule has 3 nitrogen and oxygen atoms in total. The minimum atomic E-state index is 0.703.